The lowest BCUT2D eigenvalue weighted by atomic mass is 10.3. The first-order valence-electron chi connectivity index (χ1n) is 8.73. The number of amides is 1. The van der Waals surface area contributed by atoms with E-state index in [1.807, 2.05) is 24.3 Å². The molecule has 1 aliphatic heterocycles. The number of nitrogens with zero attached hydrogens (tertiary/aromatic N) is 3. The van der Waals surface area contributed by atoms with Crippen molar-refractivity contribution in [2.24, 2.45) is 0 Å². The van der Waals surface area contributed by atoms with Crippen molar-refractivity contribution < 1.29 is 13.2 Å². The monoisotopic (exact) mass is 404 g/mol. The molecule has 1 fully saturated rings. The zero-order valence-electron chi connectivity index (χ0n) is 14.9. The number of nitrogens with one attached hydrogen (secondary N) is 1. The van der Waals surface area contributed by atoms with E-state index in [0.29, 0.717) is 18.9 Å². The van der Waals surface area contributed by atoms with Gasteiger partial charge in [0, 0.05) is 20.1 Å². The number of carbonyl (C=O) groups is 1. The normalized spacial score (nSPS) is 15.4. The summed E-state index contributed by atoms with van der Waals surface area (Å²) in [4.78, 5) is 22.4. The molecule has 0 bridgehead atoms. The predicted octanol–water partition coefficient (Wildman–Crippen LogP) is 2.68. The summed E-state index contributed by atoms with van der Waals surface area (Å²) < 4.78 is 27.2. The molecule has 0 aliphatic carbocycles. The Kier molecular flexibility index (Phi) is 4.75. The largest absolute Gasteiger partial charge is 0.340 e. The Morgan fingerprint density at radius 1 is 1.26 bits per heavy atom. The fourth-order valence-electron chi connectivity index (χ4n) is 3.27. The highest BCUT2D eigenvalue weighted by Gasteiger charge is 2.32. The predicted molar refractivity (Wildman–Crippen MR) is 104 cm³/mol. The SMILES string of the molecule is CN(Cc1nc2ccccc2[nH]1)C(=O)c1sccc1S(=O)(=O)N1CCCC1. The first kappa shape index (κ1) is 18.1. The molecule has 7 nitrogen and oxygen atoms in total. The van der Waals surface area contributed by atoms with Crippen LogP contribution in [0.5, 0.6) is 0 Å². The number of imidazole rings is 1. The van der Waals surface area contributed by atoms with Crippen LogP contribution in [0.4, 0.5) is 0 Å². The summed E-state index contributed by atoms with van der Waals surface area (Å²) in [6, 6.07) is 9.18. The van der Waals surface area contributed by atoms with Crippen molar-refractivity contribution in [1.82, 2.24) is 19.2 Å². The molecule has 1 aliphatic rings. The van der Waals surface area contributed by atoms with Crippen molar-refractivity contribution in [3.63, 3.8) is 0 Å². The van der Waals surface area contributed by atoms with Gasteiger partial charge in [-0.05, 0) is 36.4 Å². The van der Waals surface area contributed by atoms with Crippen LogP contribution >= 0.6 is 11.3 Å². The fourth-order valence-corrected chi connectivity index (χ4v) is 6.18. The minimum atomic E-state index is -3.63. The van der Waals surface area contributed by atoms with Crippen molar-refractivity contribution in [3.8, 4) is 0 Å². The maximum Gasteiger partial charge on any atom is 0.265 e. The van der Waals surface area contributed by atoms with E-state index < -0.39 is 10.0 Å². The molecule has 0 unspecified atom stereocenters. The topological polar surface area (TPSA) is 86.4 Å². The van der Waals surface area contributed by atoms with Crippen molar-refractivity contribution in [3.05, 3.63) is 46.4 Å². The van der Waals surface area contributed by atoms with Crippen LogP contribution in [0.25, 0.3) is 11.0 Å². The Morgan fingerprint density at radius 2 is 2.00 bits per heavy atom. The number of sulfonamides is 1. The first-order chi connectivity index (χ1) is 13.0. The van der Waals surface area contributed by atoms with E-state index in [0.717, 1.165) is 35.2 Å². The van der Waals surface area contributed by atoms with E-state index in [9.17, 15) is 13.2 Å². The molecule has 1 aromatic carbocycles. The standard InChI is InChI=1S/C18H20N4O3S2/c1-21(12-16-19-13-6-2-3-7-14(13)20-16)18(23)17-15(8-11-26-17)27(24,25)22-9-4-5-10-22/h2-3,6-8,11H,4-5,9-10,12H2,1H3,(H,19,20). The number of hydrogen-bond acceptors (Lipinski definition) is 5. The zero-order valence-corrected chi connectivity index (χ0v) is 16.5. The summed E-state index contributed by atoms with van der Waals surface area (Å²) in [6.45, 7) is 1.30. The minimum absolute atomic E-state index is 0.107. The molecule has 27 heavy (non-hydrogen) atoms. The lowest BCUT2D eigenvalue weighted by Gasteiger charge is -2.18. The minimum Gasteiger partial charge on any atom is -0.340 e. The van der Waals surface area contributed by atoms with Crippen LogP contribution in [-0.2, 0) is 16.6 Å². The Balaban J connectivity index is 1.57. The van der Waals surface area contributed by atoms with Gasteiger partial charge < -0.3 is 9.88 Å². The molecule has 9 heteroatoms. The number of fused-ring (bicyclic) bond motifs is 1. The molecule has 0 saturated carbocycles. The summed E-state index contributed by atoms with van der Waals surface area (Å²) in [5.74, 6) is 0.343. The Bertz CT molecular complexity index is 1050. The first-order valence-corrected chi connectivity index (χ1v) is 11.1. The summed E-state index contributed by atoms with van der Waals surface area (Å²) >= 11 is 1.16. The number of H-pyrrole nitrogens is 1. The van der Waals surface area contributed by atoms with Crippen LogP contribution in [0.2, 0.25) is 0 Å². The molecule has 0 radical (unpaired) electrons. The van der Waals surface area contributed by atoms with Crippen molar-refractivity contribution in [2.75, 3.05) is 20.1 Å². The van der Waals surface area contributed by atoms with Gasteiger partial charge in [-0.15, -0.1) is 11.3 Å². The van der Waals surface area contributed by atoms with Crippen molar-refractivity contribution in [2.45, 2.75) is 24.3 Å². The second-order valence-corrected chi connectivity index (χ2v) is 9.41. The molecule has 3 aromatic rings. The molecular formula is C18H20N4O3S2. The molecule has 3 heterocycles. The molecule has 1 amide bonds. The Hall–Kier alpha value is -2.23. The third-order valence-electron chi connectivity index (χ3n) is 4.68. The van der Waals surface area contributed by atoms with Gasteiger partial charge in [-0.2, -0.15) is 4.31 Å². The summed E-state index contributed by atoms with van der Waals surface area (Å²) in [5.41, 5.74) is 1.74. The average molecular weight is 405 g/mol. The second kappa shape index (κ2) is 7.06. The van der Waals surface area contributed by atoms with Gasteiger partial charge in [-0.3, -0.25) is 4.79 Å². The van der Waals surface area contributed by atoms with Crippen LogP contribution in [0, 0.1) is 0 Å². The fraction of sp³-hybridized carbons (Fsp3) is 0.333. The molecule has 0 spiro atoms. The number of rotatable bonds is 5. The quantitative estimate of drug-likeness (QED) is 0.708. The second-order valence-electron chi connectivity index (χ2n) is 6.59. The summed E-state index contributed by atoms with van der Waals surface area (Å²) in [6.07, 6.45) is 1.72. The van der Waals surface area contributed by atoms with Crippen LogP contribution < -0.4 is 0 Å². The molecular weight excluding hydrogens is 384 g/mol. The van der Waals surface area contributed by atoms with E-state index in [2.05, 4.69) is 9.97 Å². The highest BCUT2D eigenvalue weighted by atomic mass is 32.2. The summed E-state index contributed by atoms with van der Waals surface area (Å²) in [7, 11) is -1.97. The number of para-hydroxylation sites is 2. The van der Waals surface area contributed by atoms with Gasteiger partial charge in [-0.25, -0.2) is 13.4 Å². The van der Waals surface area contributed by atoms with Gasteiger partial charge in [0.05, 0.1) is 17.6 Å². The van der Waals surface area contributed by atoms with E-state index in [1.165, 1.54) is 15.3 Å². The average Bonchev–Trinajstić information content (AvgIpc) is 3.39. The molecule has 1 N–H and O–H groups in total. The van der Waals surface area contributed by atoms with Crippen LogP contribution in [-0.4, -0.2) is 53.6 Å². The molecule has 1 saturated heterocycles. The van der Waals surface area contributed by atoms with E-state index in [1.54, 1.807) is 12.4 Å². The number of carbonyl (C=O) groups excluding carboxylic acids is 1. The van der Waals surface area contributed by atoms with Gasteiger partial charge in [0.25, 0.3) is 5.91 Å². The van der Waals surface area contributed by atoms with Crippen molar-refractivity contribution >= 4 is 38.3 Å². The molecule has 4 rings (SSSR count). The maximum atomic E-state index is 12.9. The van der Waals surface area contributed by atoms with E-state index >= 15 is 0 Å². The highest BCUT2D eigenvalue weighted by Crippen LogP contribution is 2.28. The van der Waals surface area contributed by atoms with Gasteiger partial charge in [0.15, 0.2) is 0 Å². The van der Waals surface area contributed by atoms with E-state index in [-0.39, 0.29) is 22.2 Å². The number of thiophene rings is 1. The van der Waals surface area contributed by atoms with Gasteiger partial charge in [-0.1, -0.05) is 12.1 Å². The zero-order chi connectivity index (χ0) is 19.0. The number of aromatic nitrogens is 2. The number of benzene rings is 1. The van der Waals surface area contributed by atoms with E-state index in [4.69, 9.17) is 0 Å². The number of aromatic amines is 1. The summed E-state index contributed by atoms with van der Waals surface area (Å²) in [5, 5.41) is 1.66. The van der Waals surface area contributed by atoms with Crippen LogP contribution in [0.1, 0.15) is 28.3 Å². The molecule has 142 valence electrons. The maximum absolute atomic E-state index is 12.9. The third-order valence-corrected chi connectivity index (χ3v) is 7.65. The smallest absolute Gasteiger partial charge is 0.265 e. The third kappa shape index (κ3) is 3.38. The molecule has 2 aromatic heterocycles. The van der Waals surface area contributed by atoms with Gasteiger partial charge >= 0.3 is 0 Å². The Morgan fingerprint density at radius 3 is 2.74 bits per heavy atom. The van der Waals surface area contributed by atoms with Crippen LogP contribution in [0.3, 0.4) is 0 Å². The lowest BCUT2D eigenvalue weighted by molar-refractivity contribution is 0.0783. The molecule has 0 atom stereocenters. The number of hydrogen-bond donors (Lipinski definition) is 1. The Labute approximate surface area is 161 Å². The van der Waals surface area contributed by atoms with Crippen LogP contribution in [0.15, 0.2) is 40.6 Å². The van der Waals surface area contributed by atoms with Gasteiger partial charge in [0.1, 0.15) is 15.6 Å². The lowest BCUT2D eigenvalue weighted by Crippen LogP contribution is -2.31. The highest BCUT2D eigenvalue weighted by molar-refractivity contribution is 7.89. The van der Waals surface area contributed by atoms with Gasteiger partial charge in [0.2, 0.25) is 10.0 Å². The van der Waals surface area contributed by atoms with Crippen molar-refractivity contribution in [1.29, 1.82) is 0 Å².